The summed E-state index contributed by atoms with van der Waals surface area (Å²) in [5.41, 5.74) is 1.40. The first-order valence-corrected chi connectivity index (χ1v) is 7.98. The molecule has 110 valence electrons. The Morgan fingerprint density at radius 2 is 2.00 bits per heavy atom. The Labute approximate surface area is 124 Å². The second-order valence-corrected chi connectivity index (χ2v) is 6.29. The Bertz CT molecular complexity index is 715. The highest BCUT2D eigenvalue weighted by atomic mass is 32.2. The zero-order valence-electron chi connectivity index (χ0n) is 11.6. The molecule has 0 fully saturated rings. The molecule has 0 aliphatic heterocycles. The first kappa shape index (κ1) is 15.3. The summed E-state index contributed by atoms with van der Waals surface area (Å²) in [5, 5.41) is -0.210. The van der Waals surface area contributed by atoms with E-state index in [1.165, 1.54) is 12.3 Å². The number of benzene rings is 1. The van der Waals surface area contributed by atoms with Crippen LogP contribution in [-0.4, -0.2) is 31.2 Å². The van der Waals surface area contributed by atoms with E-state index in [9.17, 15) is 8.42 Å². The number of hydrogen-bond donors (Lipinski definition) is 0. The number of methoxy groups -OCH3 is 1. The molecule has 0 spiro atoms. The first-order valence-electron chi connectivity index (χ1n) is 6.33. The van der Waals surface area contributed by atoms with Crippen LogP contribution in [0.2, 0.25) is 0 Å². The van der Waals surface area contributed by atoms with E-state index >= 15 is 0 Å². The third-order valence-corrected chi connectivity index (χ3v) is 4.30. The minimum atomic E-state index is -3.55. The van der Waals surface area contributed by atoms with Gasteiger partial charge in [0.15, 0.2) is 0 Å². The van der Waals surface area contributed by atoms with Gasteiger partial charge in [0, 0.05) is 13.3 Å². The van der Waals surface area contributed by atoms with Gasteiger partial charge in [0.1, 0.15) is 6.10 Å². The van der Waals surface area contributed by atoms with Crippen molar-refractivity contribution in [1.82, 2.24) is 9.97 Å². The van der Waals surface area contributed by atoms with Crippen molar-refractivity contribution in [2.45, 2.75) is 11.3 Å². The van der Waals surface area contributed by atoms with Gasteiger partial charge in [-0.05, 0) is 11.6 Å². The van der Waals surface area contributed by atoms with Crippen LogP contribution in [0.25, 0.3) is 0 Å². The molecule has 0 N–H and O–H groups in total. The summed E-state index contributed by atoms with van der Waals surface area (Å²) in [6.45, 7) is 3.43. The van der Waals surface area contributed by atoms with Crippen LogP contribution in [-0.2, 0) is 14.6 Å². The average Bonchev–Trinajstić information content (AvgIpc) is 2.49. The predicted octanol–water partition coefficient (Wildman–Crippen LogP) is 2.17. The van der Waals surface area contributed by atoms with Crippen LogP contribution in [0.1, 0.15) is 17.4 Å². The highest BCUT2D eigenvalue weighted by Gasteiger charge is 2.20. The van der Waals surface area contributed by atoms with E-state index in [-0.39, 0.29) is 10.9 Å². The minimum absolute atomic E-state index is 0.195. The van der Waals surface area contributed by atoms with Crippen molar-refractivity contribution in [2.24, 2.45) is 0 Å². The molecule has 2 rings (SSSR count). The van der Waals surface area contributed by atoms with Crippen LogP contribution in [0, 0.1) is 0 Å². The van der Waals surface area contributed by atoms with Crippen LogP contribution in [0.3, 0.4) is 0 Å². The number of aromatic nitrogens is 2. The lowest BCUT2D eigenvalue weighted by Gasteiger charge is -2.15. The molecule has 0 saturated carbocycles. The maximum absolute atomic E-state index is 12.0. The summed E-state index contributed by atoms with van der Waals surface area (Å²) < 4.78 is 29.4. The maximum Gasteiger partial charge on any atom is 0.247 e. The third kappa shape index (κ3) is 3.53. The lowest BCUT2D eigenvalue weighted by atomic mass is 10.1. The second-order valence-electron chi connectivity index (χ2n) is 4.36. The number of sulfone groups is 1. The molecule has 0 saturated heterocycles. The molecule has 21 heavy (non-hydrogen) atoms. The average molecular weight is 304 g/mol. The zero-order valence-corrected chi connectivity index (χ0v) is 12.5. The van der Waals surface area contributed by atoms with Crippen LogP contribution < -0.4 is 0 Å². The molecule has 0 aliphatic carbocycles. The summed E-state index contributed by atoms with van der Waals surface area (Å²) in [5.74, 6) is -0.195. The predicted molar refractivity (Wildman–Crippen MR) is 79.6 cm³/mol. The van der Waals surface area contributed by atoms with E-state index in [1.54, 1.807) is 13.2 Å². The Balaban J connectivity index is 2.43. The summed E-state index contributed by atoms with van der Waals surface area (Å²) >= 11 is 0. The standard InChI is InChI=1S/C15H16N2O3S/c1-3-11-21(18,19)15-16-10-9-13(17-15)14(20-2)12-7-5-4-6-8-12/h3-10,14H,1,11H2,2H3. The molecular weight excluding hydrogens is 288 g/mol. The monoisotopic (exact) mass is 304 g/mol. The minimum Gasteiger partial charge on any atom is -0.370 e. The number of nitrogens with zero attached hydrogens (tertiary/aromatic N) is 2. The summed E-state index contributed by atoms with van der Waals surface area (Å²) in [6.07, 6.45) is 2.30. The normalized spacial score (nSPS) is 12.8. The van der Waals surface area contributed by atoms with Crippen molar-refractivity contribution in [3.63, 3.8) is 0 Å². The second kappa shape index (κ2) is 6.60. The lowest BCUT2D eigenvalue weighted by molar-refractivity contribution is 0.132. The SMILES string of the molecule is C=CCS(=O)(=O)c1nccc(C(OC)c2ccccc2)n1. The van der Waals surface area contributed by atoms with E-state index in [0.717, 1.165) is 5.56 Å². The van der Waals surface area contributed by atoms with Gasteiger partial charge in [0.2, 0.25) is 15.0 Å². The van der Waals surface area contributed by atoms with E-state index < -0.39 is 15.9 Å². The first-order chi connectivity index (χ1) is 10.1. The molecule has 0 radical (unpaired) electrons. The van der Waals surface area contributed by atoms with Gasteiger partial charge in [-0.2, -0.15) is 0 Å². The molecule has 5 nitrogen and oxygen atoms in total. The number of rotatable bonds is 6. The number of hydrogen-bond acceptors (Lipinski definition) is 5. The zero-order chi connectivity index (χ0) is 15.3. The molecule has 0 amide bonds. The quantitative estimate of drug-likeness (QED) is 0.604. The molecule has 1 atom stereocenters. The lowest BCUT2D eigenvalue weighted by Crippen LogP contribution is -2.13. The molecule has 0 bridgehead atoms. The molecule has 1 heterocycles. The smallest absolute Gasteiger partial charge is 0.247 e. The molecule has 2 aromatic rings. The van der Waals surface area contributed by atoms with E-state index in [1.807, 2.05) is 30.3 Å². The Morgan fingerprint density at radius 3 is 2.62 bits per heavy atom. The third-order valence-electron chi connectivity index (χ3n) is 2.88. The fraction of sp³-hybridized carbons (Fsp3) is 0.200. The summed E-state index contributed by atoms with van der Waals surface area (Å²) in [6, 6.07) is 11.1. The van der Waals surface area contributed by atoms with Crippen molar-refractivity contribution in [3.8, 4) is 0 Å². The van der Waals surface area contributed by atoms with Crippen molar-refractivity contribution in [3.05, 3.63) is 66.5 Å². The Hall–Kier alpha value is -2.05. The van der Waals surface area contributed by atoms with Crippen LogP contribution in [0.5, 0.6) is 0 Å². The van der Waals surface area contributed by atoms with Crippen LogP contribution >= 0.6 is 0 Å². The van der Waals surface area contributed by atoms with Crippen molar-refractivity contribution < 1.29 is 13.2 Å². The molecule has 6 heteroatoms. The largest absolute Gasteiger partial charge is 0.370 e. The fourth-order valence-corrected chi connectivity index (χ4v) is 2.86. The Kier molecular flexibility index (Phi) is 4.82. The highest BCUT2D eigenvalue weighted by molar-refractivity contribution is 7.91. The summed E-state index contributed by atoms with van der Waals surface area (Å²) in [7, 11) is -2.00. The van der Waals surface area contributed by atoms with Gasteiger partial charge in [0.05, 0.1) is 11.4 Å². The molecule has 0 aliphatic rings. The van der Waals surface area contributed by atoms with Gasteiger partial charge in [-0.15, -0.1) is 6.58 Å². The van der Waals surface area contributed by atoms with Gasteiger partial charge in [0.25, 0.3) is 0 Å². The van der Waals surface area contributed by atoms with E-state index in [4.69, 9.17) is 4.74 Å². The highest BCUT2D eigenvalue weighted by Crippen LogP contribution is 2.23. The molecule has 1 aromatic heterocycles. The fourth-order valence-electron chi connectivity index (χ4n) is 1.93. The summed E-state index contributed by atoms with van der Waals surface area (Å²) in [4.78, 5) is 7.98. The molecule has 1 aromatic carbocycles. The van der Waals surface area contributed by atoms with Gasteiger partial charge < -0.3 is 4.74 Å². The van der Waals surface area contributed by atoms with Gasteiger partial charge in [-0.25, -0.2) is 18.4 Å². The van der Waals surface area contributed by atoms with Crippen molar-refractivity contribution in [1.29, 1.82) is 0 Å². The van der Waals surface area contributed by atoms with E-state index in [2.05, 4.69) is 16.5 Å². The van der Waals surface area contributed by atoms with Crippen LogP contribution in [0.15, 0.2) is 60.4 Å². The van der Waals surface area contributed by atoms with E-state index in [0.29, 0.717) is 5.69 Å². The molecular formula is C15H16N2O3S. The topological polar surface area (TPSA) is 69.2 Å². The van der Waals surface area contributed by atoms with Crippen LogP contribution in [0.4, 0.5) is 0 Å². The van der Waals surface area contributed by atoms with Gasteiger partial charge in [-0.3, -0.25) is 0 Å². The van der Waals surface area contributed by atoms with Crippen molar-refractivity contribution in [2.75, 3.05) is 12.9 Å². The van der Waals surface area contributed by atoms with Crippen molar-refractivity contribution >= 4 is 9.84 Å². The van der Waals surface area contributed by atoms with Gasteiger partial charge >= 0.3 is 0 Å². The Morgan fingerprint density at radius 1 is 1.29 bits per heavy atom. The maximum atomic E-state index is 12.0. The van der Waals surface area contributed by atoms with Gasteiger partial charge in [-0.1, -0.05) is 36.4 Å². The number of ether oxygens (including phenoxy) is 1. The molecule has 1 unspecified atom stereocenters.